The smallest absolute Gasteiger partial charge is 0.258 e. The van der Waals surface area contributed by atoms with Crippen molar-refractivity contribution in [2.45, 2.75) is 13.8 Å². The van der Waals surface area contributed by atoms with Crippen molar-refractivity contribution in [3.05, 3.63) is 47.7 Å². The molecule has 3 aromatic rings. The maximum Gasteiger partial charge on any atom is 0.258 e. The maximum absolute atomic E-state index is 5.81. The molecular formula is C15H14N4O. The van der Waals surface area contributed by atoms with Gasteiger partial charge in [0.05, 0.1) is 0 Å². The molecule has 0 aliphatic rings. The van der Waals surface area contributed by atoms with Crippen LogP contribution in [-0.4, -0.2) is 15.1 Å². The number of nitrogen functional groups attached to an aromatic ring is 1. The van der Waals surface area contributed by atoms with Crippen molar-refractivity contribution in [2.75, 3.05) is 5.73 Å². The van der Waals surface area contributed by atoms with E-state index in [2.05, 4.69) is 15.1 Å². The standard InChI is InChI=1S/C15H14N4O/c1-9-4-3-7-17-13(9)14-18-15(20-19-14)11-5-6-12(16)10(2)8-11/h3-8H,16H2,1-2H3. The highest BCUT2D eigenvalue weighted by atomic mass is 16.5. The first-order valence-corrected chi connectivity index (χ1v) is 6.27. The monoisotopic (exact) mass is 266 g/mol. The number of aryl methyl sites for hydroxylation is 2. The summed E-state index contributed by atoms with van der Waals surface area (Å²) >= 11 is 0. The Hall–Kier alpha value is -2.69. The number of nitrogens with two attached hydrogens (primary N) is 1. The summed E-state index contributed by atoms with van der Waals surface area (Å²) in [6, 6.07) is 9.47. The van der Waals surface area contributed by atoms with Crippen LogP contribution in [0.4, 0.5) is 5.69 Å². The van der Waals surface area contributed by atoms with Gasteiger partial charge in [-0.3, -0.25) is 4.98 Å². The molecule has 2 N–H and O–H groups in total. The average molecular weight is 266 g/mol. The Morgan fingerprint density at radius 1 is 1.10 bits per heavy atom. The normalized spacial score (nSPS) is 10.7. The molecular weight excluding hydrogens is 252 g/mol. The number of nitrogens with zero attached hydrogens (tertiary/aromatic N) is 3. The lowest BCUT2D eigenvalue weighted by Crippen LogP contribution is -1.90. The quantitative estimate of drug-likeness (QED) is 0.721. The summed E-state index contributed by atoms with van der Waals surface area (Å²) in [5.41, 5.74) is 10.1. The number of pyridine rings is 1. The van der Waals surface area contributed by atoms with Gasteiger partial charge < -0.3 is 10.3 Å². The molecule has 0 saturated carbocycles. The molecule has 0 unspecified atom stereocenters. The van der Waals surface area contributed by atoms with E-state index < -0.39 is 0 Å². The summed E-state index contributed by atoms with van der Waals surface area (Å²) in [5.74, 6) is 0.959. The van der Waals surface area contributed by atoms with Crippen molar-refractivity contribution in [2.24, 2.45) is 0 Å². The van der Waals surface area contributed by atoms with Gasteiger partial charge in [0.25, 0.3) is 5.89 Å². The van der Waals surface area contributed by atoms with Crippen LogP contribution in [0, 0.1) is 13.8 Å². The van der Waals surface area contributed by atoms with E-state index in [0.29, 0.717) is 11.7 Å². The molecule has 0 bridgehead atoms. The zero-order chi connectivity index (χ0) is 14.1. The number of benzene rings is 1. The highest BCUT2D eigenvalue weighted by Crippen LogP contribution is 2.25. The molecule has 100 valence electrons. The molecule has 20 heavy (non-hydrogen) atoms. The molecule has 5 heteroatoms. The van der Waals surface area contributed by atoms with Gasteiger partial charge in [-0.25, -0.2) is 0 Å². The molecule has 0 radical (unpaired) electrons. The molecule has 3 rings (SSSR count). The first-order chi connectivity index (χ1) is 9.65. The zero-order valence-electron chi connectivity index (χ0n) is 11.3. The summed E-state index contributed by atoms with van der Waals surface area (Å²) in [7, 11) is 0. The van der Waals surface area contributed by atoms with Crippen molar-refractivity contribution in [3.63, 3.8) is 0 Å². The Bertz CT molecular complexity index is 764. The fraction of sp³-hybridized carbons (Fsp3) is 0.133. The van der Waals surface area contributed by atoms with E-state index in [-0.39, 0.29) is 0 Å². The summed E-state index contributed by atoms with van der Waals surface area (Å²) in [6.07, 6.45) is 1.71. The Kier molecular flexibility index (Phi) is 2.95. The number of rotatable bonds is 2. The van der Waals surface area contributed by atoms with Gasteiger partial charge in [0.1, 0.15) is 5.69 Å². The molecule has 2 aromatic heterocycles. The second-order valence-electron chi connectivity index (χ2n) is 4.66. The Labute approximate surface area is 116 Å². The lowest BCUT2D eigenvalue weighted by Gasteiger charge is -2.00. The first-order valence-electron chi connectivity index (χ1n) is 6.27. The third-order valence-electron chi connectivity index (χ3n) is 3.16. The van der Waals surface area contributed by atoms with E-state index in [0.717, 1.165) is 28.1 Å². The number of hydrogen-bond donors (Lipinski definition) is 1. The summed E-state index contributed by atoms with van der Waals surface area (Å²) in [6.45, 7) is 3.91. The third-order valence-corrected chi connectivity index (χ3v) is 3.16. The highest BCUT2D eigenvalue weighted by Gasteiger charge is 2.13. The minimum Gasteiger partial charge on any atom is -0.399 e. The lowest BCUT2D eigenvalue weighted by atomic mass is 10.1. The van der Waals surface area contributed by atoms with Crippen LogP contribution in [-0.2, 0) is 0 Å². The van der Waals surface area contributed by atoms with Gasteiger partial charge in [-0.05, 0) is 49.2 Å². The molecule has 0 atom stereocenters. The molecule has 0 fully saturated rings. The van der Waals surface area contributed by atoms with Crippen LogP contribution in [0.1, 0.15) is 11.1 Å². The van der Waals surface area contributed by atoms with Gasteiger partial charge in [0.15, 0.2) is 0 Å². The number of hydrogen-bond acceptors (Lipinski definition) is 5. The van der Waals surface area contributed by atoms with Gasteiger partial charge in [0, 0.05) is 17.4 Å². The fourth-order valence-corrected chi connectivity index (χ4v) is 1.97. The summed E-state index contributed by atoms with van der Waals surface area (Å²) < 4.78 is 5.31. The van der Waals surface area contributed by atoms with Crippen LogP contribution in [0.5, 0.6) is 0 Å². The van der Waals surface area contributed by atoms with Crippen molar-refractivity contribution in [1.82, 2.24) is 15.1 Å². The van der Waals surface area contributed by atoms with Gasteiger partial charge >= 0.3 is 0 Å². The van der Waals surface area contributed by atoms with Crippen LogP contribution in [0.15, 0.2) is 41.1 Å². The van der Waals surface area contributed by atoms with Crippen LogP contribution in [0.25, 0.3) is 23.0 Å². The van der Waals surface area contributed by atoms with Crippen molar-refractivity contribution < 1.29 is 4.52 Å². The van der Waals surface area contributed by atoms with E-state index in [1.54, 1.807) is 6.20 Å². The highest BCUT2D eigenvalue weighted by molar-refractivity contribution is 5.63. The van der Waals surface area contributed by atoms with E-state index >= 15 is 0 Å². The van der Waals surface area contributed by atoms with Crippen LogP contribution < -0.4 is 5.73 Å². The lowest BCUT2D eigenvalue weighted by molar-refractivity contribution is 0.432. The third kappa shape index (κ3) is 2.14. The topological polar surface area (TPSA) is 77.8 Å². The Morgan fingerprint density at radius 3 is 2.70 bits per heavy atom. The summed E-state index contributed by atoms with van der Waals surface area (Å²) in [5, 5.41) is 4.00. The van der Waals surface area contributed by atoms with Gasteiger partial charge in [-0.2, -0.15) is 4.98 Å². The van der Waals surface area contributed by atoms with Gasteiger partial charge in [0.2, 0.25) is 5.82 Å². The number of anilines is 1. The van der Waals surface area contributed by atoms with Crippen molar-refractivity contribution in [3.8, 4) is 23.0 Å². The second kappa shape index (κ2) is 4.77. The fourth-order valence-electron chi connectivity index (χ4n) is 1.97. The molecule has 1 aromatic carbocycles. The first kappa shape index (κ1) is 12.3. The van der Waals surface area contributed by atoms with Gasteiger partial charge in [-0.1, -0.05) is 11.2 Å². The molecule has 5 nitrogen and oxygen atoms in total. The SMILES string of the molecule is Cc1cc(-c2nc(-c3ncccc3C)no2)ccc1N. The largest absolute Gasteiger partial charge is 0.399 e. The van der Waals surface area contributed by atoms with E-state index in [1.807, 2.05) is 44.2 Å². The van der Waals surface area contributed by atoms with Crippen molar-refractivity contribution in [1.29, 1.82) is 0 Å². The molecule has 0 spiro atoms. The van der Waals surface area contributed by atoms with Crippen LogP contribution in [0.2, 0.25) is 0 Å². The second-order valence-corrected chi connectivity index (χ2v) is 4.66. The number of aromatic nitrogens is 3. The Balaban J connectivity index is 2.02. The molecule has 0 aliphatic carbocycles. The molecule has 0 aliphatic heterocycles. The van der Waals surface area contributed by atoms with Gasteiger partial charge in [-0.15, -0.1) is 0 Å². The average Bonchev–Trinajstić information content (AvgIpc) is 2.92. The van der Waals surface area contributed by atoms with E-state index in [1.165, 1.54) is 0 Å². The predicted molar refractivity (Wildman–Crippen MR) is 76.9 cm³/mol. The minimum atomic E-state index is 0.466. The molecule has 0 saturated heterocycles. The van der Waals surface area contributed by atoms with E-state index in [4.69, 9.17) is 10.3 Å². The Morgan fingerprint density at radius 2 is 1.95 bits per heavy atom. The summed E-state index contributed by atoms with van der Waals surface area (Å²) in [4.78, 5) is 8.68. The maximum atomic E-state index is 5.81. The predicted octanol–water partition coefficient (Wildman–Crippen LogP) is 3.00. The van der Waals surface area contributed by atoms with E-state index in [9.17, 15) is 0 Å². The molecule has 0 amide bonds. The molecule has 2 heterocycles. The van der Waals surface area contributed by atoms with Crippen LogP contribution in [0.3, 0.4) is 0 Å². The zero-order valence-corrected chi connectivity index (χ0v) is 11.3. The minimum absolute atomic E-state index is 0.466. The van der Waals surface area contributed by atoms with Crippen LogP contribution >= 0.6 is 0 Å². The van der Waals surface area contributed by atoms with Crippen molar-refractivity contribution >= 4 is 5.69 Å².